The van der Waals surface area contributed by atoms with Gasteiger partial charge in [-0.15, -0.1) is 0 Å². The average Bonchev–Trinajstić information content (AvgIpc) is 3.39. The van der Waals surface area contributed by atoms with Gasteiger partial charge in [0.2, 0.25) is 0 Å². The predicted octanol–water partition coefficient (Wildman–Crippen LogP) is 3.00. The topological polar surface area (TPSA) is 79.8 Å². The van der Waals surface area contributed by atoms with Crippen LogP contribution in [0.3, 0.4) is 0 Å². The maximum atomic E-state index is 10.0. The molecule has 31 heavy (non-hydrogen) atoms. The van der Waals surface area contributed by atoms with E-state index in [1.807, 2.05) is 30.0 Å². The maximum Gasteiger partial charge on any atom is 0.298 e. The van der Waals surface area contributed by atoms with Crippen LogP contribution in [0.2, 0.25) is 0 Å². The first kappa shape index (κ1) is 19.9. The number of nitrogens with zero attached hydrogens (tertiary/aromatic N) is 5. The van der Waals surface area contributed by atoms with Crippen molar-refractivity contribution in [3.8, 4) is 17.2 Å². The summed E-state index contributed by atoms with van der Waals surface area (Å²) in [5.74, 6) is 0. The van der Waals surface area contributed by atoms with Crippen molar-refractivity contribution in [1.29, 1.82) is 5.26 Å². The number of fused-ring (bicyclic) bond motifs is 1. The number of nitriles is 1. The summed E-state index contributed by atoms with van der Waals surface area (Å²) in [6.45, 7) is 4.82. The normalized spacial score (nSPS) is 19.3. The highest BCUT2D eigenvalue weighted by molar-refractivity contribution is 6.03. The first-order valence-electron chi connectivity index (χ1n) is 10.7. The molecule has 0 spiro atoms. The number of β-amino-alcohol motifs (C(OH)–C–C–N with tert-alkyl or cyclic N) is 1. The third-order valence-electron chi connectivity index (χ3n) is 6.57. The van der Waals surface area contributed by atoms with Crippen molar-refractivity contribution in [1.82, 2.24) is 9.88 Å². The molecule has 7 nitrogen and oxygen atoms in total. The molecule has 3 heterocycles. The number of anilines is 2. The predicted molar refractivity (Wildman–Crippen MR) is 121 cm³/mol. The van der Waals surface area contributed by atoms with Gasteiger partial charge in [0.25, 0.3) is 6.01 Å². The minimum atomic E-state index is -0.356. The molecule has 0 amide bonds. The quantitative estimate of drug-likeness (QED) is 0.699. The summed E-state index contributed by atoms with van der Waals surface area (Å²) in [5, 5.41) is 19.7. The summed E-state index contributed by atoms with van der Waals surface area (Å²) in [5.41, 5.74) is 5.87. The maximum absolute atomic E-state index is 10.0. The lowest BCUT2D eigenvalue weighted by molar-refractivity contribution is 0.137. The van der Waals surface area contributed by atoms with Crippen molar-refractivity contribution < 1.29 is 9.52 Å². The lowest BCUT2D eigenvalue weighted by Gasteiger charge is -2.34. The molecule has 0 aliphatic carbocycles. The van der Waals surface area contributed by atoms with E-state index in [4.69, 9.17) is 9.40 Å². The van der Waals surface area contributed by atoms with E-state index in [9.17, 15) is 10.4 Å². The third kappa shape index (κ3) is 3.23. The highest BCUT2D eigenvalue weighted by atomic mass is 16.4. The van der Waals surface area contributed by atoms with Crippen molar-refractivity contribution in [2.75, 3.05) is 50.1 Å². The molecule has 1 unspecified atom stereocenters. The Labute approximate surface area is 182 Å². The third-order valence-corrected chi connectivity index (χ3v) is 6.57. The average molecular weight is 418 g/mol. The SMILES string of the molecule is Cc1c(-c2ccccc2)c(N2CCC(N(C)C)C2)c2oc(N3CC(O)C3)nc2c1C#N. The van der Waals surface area contributed by atoms with Crippen molar-refractivity contribution in [2.24, 2.45) is 0 Å². The van der Waals surface area contributed by atoms with E-state index in [0.717, 1.165) is 41.9 Å². The number of hydrogen-bond acceptors (Lipinski definition) is 7. The molecule has 2 fully saturated rings. The van der Waals surface area contributed by atoms with E-state index < -0.39 is 0 Å². The molecule has 2 aliphatic rings. The zero-order valence-electron chi connectivity index (χ0n) is 18.2. The molecule has 2 aromatic carbocycles. The molecule has 0 radical (unpaired) electrons. The Morgan fingerprint density at radius 2 is 1.90 bits per heavy atom. The second kappa shape index (κ2) is 7.56. The van der Waals surface area contributed by atoms with Crippen molar-refractivity contribution in [3.63, 3.8) is 0 Å². The minimum Gasteiger partial charge on any atom is -0.421 e. The van der Waals surface area contributed by atoms with Gasteiger partial charge in [0.05, 0.1) is 30.4 Å². The Morgan fingerprint density at radius 1 is 1.16 bits per heavy atom. The monoisotopic (exact) mass is 417 g/mol. The van der Waals surface area contributed by atoms with Crippen LogP contribution in [0, 0.1) is 18.3 Å². The molecule has 5 rings (SSSR count). The van der Waals surface area contributed by atoms with Crippen LogP contribution in [0.4, 0.5) is 11.7 Å². The van der Waals surface area contributed by atoms with E-state index in [2.05, 4.69) is 42.1 Å². The van der Waals surface area contributed by atoms with Crippen LogP contribution in [0.25, 0.3) is 22.2 Å². The summed E-state index contributed by atoms with van der Waals surface area (Å²) in [6, 6.07) is 13.5. The molecule has 3 aromatic rings. The van der Waals surface area contributed by atoms with E-state index in [1.54, 1.807) is 0 Å². The van der Waals surface area contributed by atoms with Gasteiger partial charge in [-0.05, 0) is 38.6 Å². The number of benzene rings is 2. The molecular formula is C24H27N5O2. The molecule has 160 valence electrons. The molecule has 2 aliphatic heterocycles. The van der Waals surface area contributed by atoms with E-state index in [0.29, 0.717) is 41.8 Å². The molecular weight excluding hydrogens is 390 g/mol. The summed E-state index contributed by atoms with van der Waals surface area (Å²) in [6.07, 6.45) is 0.715. The summed E-state index contributed by atoms with van der Waals surface area (Å²) in [7, 11) is 4.24. The number of aliphatic hydroxyl groups is 1. The molecule has 0 saturated carbocycles. The van der Waals surface area contributed by atoms with Gasteiger partial charge < -0.3 is 24.2 Å². The van der Waals surface area contributed by atoms with E-state index in [-0.39, 0.29) is 6.10 Å². The second-order valence-corrected chi connectivity index (χ2v) is 8.79. The second-order valence-electron chi connectivity index (χ2n) is 8.79. The summed E-state index contributed by atoms with van der Waals surface area (Å²) >= 11 is 0. The Kier molecular flexibility index (Phi) is 4.84. The van der Waals surface area contributed by atoms with Crippen LogP contribution in [0.5, 0.6) is 0 Å². The van der Waals surface area contributed by atoms with Crippen LogP contribution < -0.4 is 9.80 Å². The van der Waals surface area contributed by atoms with Gasteiger partial charge in [-0.3, -0.25) is 0 Å². The van der Waals surface area contributed by atoms with Gasteiger partial charge >= 0.3 is 0 Å². The Balaban J connectivity index is 1.75. The zero-order chi connectivity index (χ0) is 21.7. The fourth-order valence-corrected chi connectivity index (χ4v) is 4.74. The Bertz CT molecular complexity index is 1160. The molecule has 2 saturated heterocycles. The van der Waals surface area contributed by atoms with E-state index in [1.165, 1.54) is 0 Å². The lowest BCUT2D eigenvalue weighted by Crippen LogP contribution is -2.51. The smallest absolute Gasteiger partial charge is 0.298 e. The highest BCUT2D eigenvalue weighted by Crippen LogP contribution is 2.45. The van der Waals surface area contributed by atoms with Crippen LogP contribution in [0.1, 0.15) is 17.5 Å². The molecule has 7 heteroatoms. The fourth-order valence-electron chi connectivity index (χ4n) is 4.74. The van der Waals surface area contributed by atoms with Crippen LogP contribution >= 0.6 is 0 Å². The zero-order valence-corrected chi connectivity index (χ0v) is 18.2. The summed E-state index contributed by atoms with van der Waals surface area (Å²) in [4.78, 5) is 11.3. The Hall–Kier alpha value is -3.08. The van der Waals surface area contributed by atoms with Gasteiger partial charge in [0, 0.05) is 24.7 Å². The molecule has 0 bridgehead atoms. The first-order chi connectivity index (χ1) is 15.0. The minimum absolute atomic E-state index is 0.356. The van der Waals surface area contributed by atoms with Crippen molar-refractivity contribution in [2.45, 2.75) is 25.5 Å². The van der Waals surface area contributed by atoms with Gasteiger partial charge in [0.1, 0.15) is 11.6 Å². The molecule has 1 N–H and O–H groups in total. The standard InChI is InChI=1S/C24H27N5O2/c1-15-19(11-25)21-23(31-24(26-21)29-13-18(30)14-29)22(20(15)16-7-5-4-6-8-16)28-10-9-17(12-28)27(2)3/h4-8,17-18,30H,9-10,12-14H2,1-3H3. The van der Waals surface area contributed by atoms with Crippen LogP contribution in [-0.2, 0) is 0 Å². The first-order valence-corrected chi connectivity index (χ1v) is 10.7. The number of rotatable bonds is 4. The van der Waals surface area contributed by atoms with Gasteiger partial charge in [-0.25, -0.2) is 0 Å². The number of oxazole rings is 1. The largest absolute Gasteiger partial charge is 0.421 e. The van der Waals surface area contributed by atoms with Crippen LogP contribution in [0.15, 0.2) is 34.7 Å². The van der Waals surface area contributed by atoms with Gasteiger partial charge in [-0.2, -0.15) is 10.2 Å². The number of hydrogen-bond donors (Lipinski definition) is 1. The molecule has 1 atom stereocenters. The van der Waals surface area contributed by atoms with Crippen molar-refractivity contribution >= 4 is 22.8 Å². The number of aromatic nitrogens is 1. The van der Waals surface area contributed by atoms with Gasteiger partial charge in [0.15, 0.2) is 5.58 Å². The number of aliphatic hydroxyl groups excluding tert-OH is 1. The van der Waals surface area contributed by atoms with Crippen molar-refractivity contribution in [3.05, 3.63) is 41.5 Å². The van der Waals surface area contributed by atoms with Gasteiger partial charge in [-0.1, -0.05) is 30.3 Å². The molecule has 1 aromatic heterocycles. The van der Waals surface area contributed by atoms with Crippen LogP contribution in [-0.4, -0.2) is 67.4 Å². The fraction of sp³-hybridized carbons (Fsp3) is 0.417. The Morgan fingerprint density at radius 3 is 2.52 bits per heavy atom. The van der Waals surface area contributed by atoms with E-state index >= 15 is 0 Å². The lowest BCUT2D eigenvalue weighted by atomic mass is 9.93. The summed E-state index contributed by atoms with van der Waals surface area (Å²) < 4.78 is 6.32. The number of likely N-dealkylation sites (N-methyl/N-ethyl adjacent to an activating group) is 1. The highest BCUT2D eigenvalue weighted by Gasteiger charge is 2.34.